The van der Waals surface area contributed by atoms with E-state index in [1.165, 1.54) is 17.1 Å². The summed E-state index contributed by atoms with van der Waals surface area (Å²) in [6.45, 7) is 10.8. The first-order chi connectivity index (χ1) is 12.3. The number of piperazine rings is 1. The van der Waals surface area contributed by atoms with Crippen molar-refractivity contribution in [1.82, 2.24) is 14.3 Å². The number of anilines is 1. The molecule has 1 aromatic carbocycles. The van der Waals surface area contributed by atoms with Gasteiger partial charge in [0.05, 0.1) is 0 Å². The molecule has 3 rings (SSSR count). The second-order valence-electron chi connectivity index (χ2n) is 8.28. The summed E-state index contributed by atoms with van der Waals surface area (Å²) < 4.78 is 4.52. The smallest absolute Gasteiger partial charge is 0.223 e. The Bertz CT molecular complexity index is 738. The Hall–Kier alpha value is -1.95. The third-order valence-electron chi connectivity index (χ3n) is 4.56. The molecule has 1 aliphatic heterocycles. The molecule has 1 saturated heterocycles. The number of nitrogens with zero attached hydrogens (tertiary/aromatic N) is 4. The monoisotopic (exact) mass is 372 g/mol. The fourth-order valence-electron chi connectivity index (χ4n) is 3.28. The lowest BCUT2D eigenvalue weighted by molar-refractivity contribution is -0.135. The van der Waals surface area contributed by atoms with E-state index in [0.717, 1.165) is 37.0 Å². The van der Waals surface area contributed by atoms with Crippen LogP contribution in [0.15, 0.2) is 30.3 Å². The molecule has 1 aromatic heterocycles. The molecule has 26 heavy (non-hydrogen) atoms. The van der Waals surface area contributed by atoms with Crippen molar-refractivity contribution in [3.63, 3.8) is 0 Å². The van der Waals surface area contributed by atoms with Crippen molar-refractivity contribution in [2.45, 2.75) is 46.6 Å². The van der Waals surface area contributed by atoms with Gasteiger partial charge in [-0.05, 0) is 17.9 Å². The highest BCUT2D eigenvalue weighted by Gasteiger charge is 2.30. The van der Waals surface area contributed by atoms with Gasteiger partial charge < -0.3 is 9.80 Å². The number of rotatable bonds is 4. The zero-order valence-corrected chi connectivity index (χ0v) is 16.9. The van der Waals surface area contributed by atoms with Crippen LogP contribution in [0.3, 0.4) is 0 Å². The fraction of sp³-hybridized carbons (Fsp3) is 0.550. The molecule has 0 spiro atoms. The van der Waals surface area contributed by atoms with Crippen molar-refractivity contribution in [3.8, 4) is 0 Å². The SMILES string of the molecule is C[C@@H]1CN(c2nc(Cc3ccccc3)ns2)CCN1C(=O)CC(C)(C)C. The van der Waals surface area contributed by atoms with Crippen molar-refractivity contribution in [1.29, 1.82) is 0 Å². The first-order valence-corrected chi connectivity index (χ1v) is 10.00. The van der Waals surface area contributed by atoms with E-state index >= 15 is 0 Å². The average Bonchev–Trinajstić information content (AvgIpc) is 3.02. The Balaban J connectivity index is 1.60. The second kappa shape index (κ2) is 7.74. The lowest BCUT2D eigenvalue weighted by Crippen LogP contribution is -2.54. The summed E-state index contributed by atoms with van der Waals surface area (Å²) in [4.78, 5) is 21.6. The van der Waals surface area contributed by atoms with Gasteiger partial charge in [0.15, 0.2) is 0 Å². The maximum atomic E-state index is 12.6. The number of benzene rings is 1. The summed E-state index contributed by atoms with van der Waals surface area (Å²) in [5, 5.41) is 0.964. The van der Waals surface area contributed by atoms with Gasteiger partial charge in [0, 0.05) is 50.1 Å². The van der Waals surface area contributed by atoms with Crippen LogP contribution in [0.25, 0.3) is 0 Å². The van der Waals surface area contributed by atoms with Crippen molar-refractivity contribution >= 4 is 22.6 Å². The first kappa shape index (κ1) is 18.8. The number of hydrogen-bond acceptors (Lipinski definition) is 5. The normalized spacial score (nSPS) is 18.2. The Labute approximate surface area is 160 Å². The zero-order chi connectivity index (χ0) is 18.7. The van der Waals surface area contributed by atoms with Crippen molar-refractivity contribution in [2.75, 3.05) is 24.5 Å². The van der Waals surface area contributed by atoms with Gasteiger partial charge in [0.25, 0.3) is 0 Å². The third-order valence-corrected chi connectivity index (χ3v) is 5.38. The number of amides is 1. The van der Waals surface area contributed by atoms with Gasteiger partial charge in [0.2, 0.25) is 11.0 Å². The highest BCUT2D eigenvalue weighted by Crippen LogP contribution is 2.25. The van der Waals surface area contributed by atoms with Gasteiger partial charge in [-0.25, -0.2) is 4.98 Å². The molecular formula is C20H28N4OS. The first-order valence-electron chi connectivity index (χ1n) is 9.23. The number of hydrogen-bond donors (Lipinski definition) is 0. The highest BCUT2D eigenvalue weighted by atomic mass is 32.1. The molecule has 2 heterocycles. The van der Waals surface area contributed by atoms with Crippen LogP contribution >= 0.6 is 11.5 Å². The lowest BCUT2D eigenvalue weighted by Gasteiger charge is -2.40. The fourth-order valence-corrected chi connectivity index (χ4v) is 4.00. The molecule has 6 heteroatoms. The predicted molar refractivity (Wildman–Crippen MR) is 107 cm³/mol. The van der Waals surface area contributed by atoms with Crippen LogP contribution in [0.1, 0.15) is 45.5 Å². The minimum absolute atomic E-state index is 0.0273. The van der Waals surface area contributed by atoms with Crippen molar-refractivity contribution in [2.24, 2.45) is 5.41 Å². The molecule has 2 aromatic rings. The van der Waals surface area contributed by atoms with Crippen LogP contribution in [-0.2, 0) is 11.2 Å². The molecule has 0 aliphatic carbocycles. The Kier molecular flexibility index (Phi) is 5.61. The van der Waals surface area contributed by atoms with Crippen molar-refractivity contribution < 1.29 is 4.79 Å². The van der Waals surface area contributed by atoms with E-state index in [2.05, 4.69) is 49.1 Å². The average molecular weight is 373 g/mol. The zero-order valence-electron chi connectivity index (χ0n) is 16.1. The number of aromatic nitrogens is 2. The van der Waals surface area contributed by atoms with Crippen LogP contribution in [-0.4, -0.2) is 45.8 Å². The highest BCUT2D eigenvalue weighted by molar-refractivity contribution is 7.09. The van der Waals surface area contributed by atoms with Gasteiger partial charge in [-0.2, -0.15) is 4.37 Å². The molecule has 0 N–H and O–H groups in total. The summed E-state index contributed by atoms with van der Waals surface area (Å²) >= 11 is 1.46. The standard InChI is InChI=1S/C20H28N4OS/c1-15-14-23(10-11-24(15)18(25)13-20(2,3)4)19-21-17(22-26-19)12-16-8-6-5-7-9-16/h5-9,15H,10-14H2,1-4H3/t15-/m1/s1. The van der Waals surface area contributed by atoms with E-state index in [-0.39, 0.29) is 17.4 Å². The number of carbonyl (C=O) groups excluding carboxylic acids is 1. The van der Waals surface area contributed by atoms with E-state index in [0.29, 0.717) is 6.42 Å². The molecule has 5 nitrogen and oxygen atoms in total. The molecule has 140 valence electrons. The lowest BCUT2D eigenvalue weighted by atomic mass is 9.91. The Morgan fingerprint density at radius 1 is 1.23 bits per heavy atom. The maximum absolute atomic E-state index is 12.6. The summed E-state index contributed by atoms with van der Waals surface area (Å²) in [7, 11) is 0. The molecule has 0 radical (unpaired) electrons. The van der Waals surface area contributed by atoms with Gasteiger partial charge in [-0.3, -0.25) is 4.79 Å². The van der Waals surface area contributed by atoms with Gasteiger partial charge in [-0.15, -0.1) is 0 Å². The largest absolute Gasteiger partial charge is 0.343 e. The molecular weight excluding hydrogens is 344 g/mol. The molecule has 0 bridgehead atoms. The molecule has 1 atom stereocenters. The Morgan fingerprint density at radius 3 is 2.62 bits per heavy atom. The van der Waals surface area contributed by atoms with E-state index < -0.39 is 0 Å². The van der Waals surface area contributed by atoms with Gasteiger partial charge in [0.1, 0.15) is 5.82 Å². The number of carbonyl (C=O) groups is 1. The predicted octanol–water partition coefficient (Wildman–Crippen LogP) is 3.60. The summed E-state index contributed by atoms with van der Waals surface area (Å²) in [5.74, 6) is 1.13. The summed E-state index contributed by atoms with van der Waals surface area (Å²) in [6.07, 6.45) is 1.36. The molecule has 0 saturated carbocycles. The van der Waals surface area contributed by atoms with Crippen LogP contribution < -0.4 is 4.90 Å². The second-order valence-corrected chi connectivity index (χ2v) is 9.01. The van der Waals surface area contributed by atoms with Crippen LogP contribution in [0.4, 0.5) is 5.13 Å². The molecule has 1 amide bonds. The van der Waals surface area contributed by atoms with Crippen LogP contribution in [0, 0.1) is 5.41 Å². The summed E-state index contributed by atoms with van der Waals surface area (Å²) in [5.41, 5.74) is 1.25. The van der Waals surface area contributed by atoms with E-state index in [1.807, 2.05) is 23.1 Å². The van der Waals surface area contributed by atoms with Gasteiger partial charge >= 0.3 is 0 Å². The Morgan fingerprint density at radius 2 is 1.96 bits per heavy atom. The van der Waals surface area contributed by atoms with Crippen molar-refractivity contribution in [3.05, 3.63) is 41.7 Å². The topological polar surface area (TPSA) is 49.3 Å². The third kappa shape index (κ3) is 4.81. The molecule has 1 aliphatic rings. The van der Waals surface area contributed by atoms with E-state index in [1.54, 1.807) is 0 Å². The summed E-state index contributed by atoms with van der Waals surface area (Å²) in [6, 6.07) is 10.5. The van der Waals surface area contributed by atoms with Gasteiger partial charge in [-0.1, -0.05) is 51.1 Å². The van der Waals surface area contributed by atoms with E-state index in [9.17, 15) is 4.79 Å². The molecule has 0 unspecified atom stereocenters. The quantitative estimate of drug-likeness (QED) is 0.823. The van der Waals surface area contributed by atoms with Crippen LogP contribution in [0.2, 0.25) is 0 Å². The van der Waals surface area contributed by atoms with E-state index in [4.69, 9.17) is 4.98 Å². The molecule has 1 fully saturated rings. The minimum Gasteiger partial charge on any atom is -0.343 e. The maximum Gasteiger partial charge on any atom is 0.223 e. The minimum atomic E-state index is 0.0273. The van der Waals surface area contributed by atoms with Crippen LogP contribution in [0.5, 0.6) is 0 Å².